The number of hydrogen-bond acceptors (Lipinski definition) is 3. The molecule has 0 fully saturated rings. The lowest BCUT2D eigenvalue weighted by Crippen LogP contribution is -2.20. The first kappa shape index (κ1) is 18.9. The maximum absolute atomic E-state index is 12.9. The lowest BCUT2D eigenvalue weighted by atomic mass is 10.2. The maximum Gasteiger partial charge on any atom is 0.343 e. The Balaban J connectivity index is 2.24. The molecule has 27 heavy (non-hydrogen) atoms. The van der Waals surface area contributed by atoms with E-state index < -0.39 is 13.9 Å². The van der Waals surface area contributed by atoms with Gasteiger partial charge in [-0.05, 0) is 25.5 Å². The third kappa shape index (κ3) is 4.45. The summed E-state index contributed by atoms with van der Waals surface area (Å²) in [7, 11) is -1.27. The highest BCUT2D eigenvalue weighted by atomic mass is 31.1. The van der Waals surface area contributed by atoms with E-state index in [4.69, 9.17) is 4.74 Å². The molecule has 3 rings (SSSR count). The van der Waals surface area contributed by atoms with Crippen molar-refractivity contribution >= 4 is 30.3 Å². The van der Waals surface area contributed by atoms with Gasteiger partial charge in [0.2, 0.25) is 0 Å². The summed E-state index contributed by atoms with van der Waals surface area (Å²) in [5.41, 5.74) is 0.597. The maximum atomic E-state index is 12.9. The standard InChI is InChI=1S/C23H21O3P/c1-2-26-23(25)22(21(24)18-12-6-3-7-13-18)27(19-14-8-4-9-15-19)20-16-10-5-11-17-20/h3-17,24H,2H2,1H3/b22-21-. The Bertz CT molecular complexity index is 867. The molecule has 0 aromatic heterocycles. The average molecular weight is 376 g/mol. The third-order valence-electron chi connectivity index (χ3n) is 3.99. The van der Waals surface area contributed by atoms with E-state index >= 15 is 0 Å². The van der Waals surface area contributed by atoms with Crippen LogP contribution < -0.4 is 10.6 Å². The molecular weight excluding hydrogens is 355 g/mol. The summed E-state index contributed by atoms with van der Waals surface area (Å²) in [4.78, 5) is 12.9. The predicted molar refractivity (Wildman–Crippen MR) is 112 cm³/mol. The number of esters is 1. The molecule has 136 valence electrons. The number of rotatable bonds is 6. The first-order valence-electron chi connectivity index (χ1n) is 8.78. The molecule has 0 spiro atoms. The molecule has 0 saturated carbocycles. The summed E-state index contributed by atoms with van der Waals surface area (Å²) in [5, 5.41) is 13.3. The fourth-order valence-electron chi connectivity index (χ4n) is 2.79. The van der Waals surface area contributed by atoms with Gasteiger partial charge < -0.3 is 9.84 Å². The zero-order valence-electron chi connectivity index (χ0n) is 15.1. The molecule has 3 aromatic rings. The van der Waals surface area contributed by atoms with Crippen molar-refractivity contribution in [2.75, 3.05) is 6.61 Å². The minimum absolute atomic E-state index is 0.0344. The first-order chi connectivity index (χ1) is 13.2. The van der Waals surface area contributed by atoms with E-state index in [1.165, 1.54) is 0 Å². The molecule has 4 heteroatoms. The lowest BCUT2D eigenvalue weighted by molar-refractivity contribution is -0.137. The van der Waals surface area contributed by atoms with Gasteiger partial charge >= 0.3 is 5.97 Å². The van der Waals surface area contributed by atoms with Crippen molar-refractivity contribution in [1.29, 1.82) is 0 Å². The van der Waals surface area contributed by atoms with E-state index in [1.54, 1.807) is 19.1 Å². The second-order valence-electron chi connectivity index (χ2n) is 5.79. The van der Waals surface area contributed by atoms with Crippen LogP contribution in [0, 0.1) is 0 Å². The van der Waals surface area contributed by atoms with Crippen molar-refractivity contribution in [2.45, 2.75) is 6.92 Å². The van der Waals surface area contributed by atoms with E-state index in [9.17, 15) is 9.90 Å². The van der Waals surface area contributed by atoms with E-state index in [1.807, 2.05) is 78.9 Å². The van der Waals surface area contributed by atoms with Crippen molar-refractivity contribution in [3.05, 3.63) is 102 Å². The minimum atomic E-state index is -1.27. The molecule has 0 saturated heterocycles. The number of ether oxygens (including phenoxy) is 1. The Hall–Kier alpha value is -2.90. The van der Waals surface area contributed by atoms with Crippen LogP contribution in [0.5, 0.6) is 0 Å². The lowest BCUT2D eigenvalue weighted by Gasteiger charge is -2.22. The van der Waals surface area contributed by atoms with Gasteiger partial charge in [0.15, 0.2) is 0 Å². The Kier molecular flexibility index (Phi) is 6.40. The minimum Gasteiger partial charge on any atom is -0.506 e. The van der Waals surface area contributed by atoms with Crippen molar-refractivity contribution in [2.24, 2.45) is 0 Å². The summed E-state index contributed by atoms with van der Waals surface area (Å²) in [6.07, 6.45) is 0. The SMILES string of the molecule is CCOC(=O)/C(=C(/O)c1ccccc1)P(c1ccccc1)c1ccccc1. The molecule has 3 nitrogen and oxygen atoms in total. The van der Waals surface area contributed by atoms with Crippen molar-refractivity contribution < 1.29 is 14.6 Å². The van der Waals surface area contributed by atoms with Gasteiger partial charge in [-0.2, -0.15) is 0 Å². The van der Waals surface area contributed by atoms with Crippen molar-refractivity contribution in [3.8, 4) is 0 Å². The summed E-state index contributed by atoms with van der Waals surface area (Å²) < 4.78 is 5.33. The highest BCUT2D eigenvalue weighted by Gasteiger charge is 2.29. The molecule has 0 aliphatic rings. The van der Waals surface area contributed by atoms with Gasteiger partial charge in [-0.15, -0.1) is 0 Å². The molecule has 1 N–H and O–H groups in total. The highest BCUT2D eigenvalue weighted by Crippen LogP contribution is 2.46. The molecule has 0 unspecified atom stereocenters. The van der Waals surface area contributed by atoms with E-state index in [-0.39, 0.29) is 12.4 Å². The van der Waals surface area contributed by atoms with E-state index in [0.29, 0.717) is 10.9 Å². The monoisotopic (exact) mass is 376 g/mol. The van der Waals surface area contributed by atoms with Gasteiger partial charge in [0.25, 0.3) is 0 Å². The van der Waals surface area contributed by atoms with Crippen LogP contribution >= 0.6 is 7.92 Å². The number of carbonyl (C=O) groups excluding carboxylic acids is 1. The van der Waals surface area contributed by atoms with E-state index in [2.05, 4.69) is 0 Å². The second-order valence-corrected chi connectivity index (χ2v) is 7.94. The Morgan fingerprint density at radius 2 is 1.26 bits per heavy atom. The normalized spacial score (nSPS) is 11.8. The van der Waals surface area contributed by atoms with E-state index in [0.717, 1.165) is 10.6 Å². The van der Waals surface area contributed by atoms with Crippen molar-refractivity contribution in [3.63, 3.8) is 0 Å². The van der Waals surface area contributed by atoms with Crippen LogP contribution in [0.15, 0.2) is 96.3 Å². The zero-order chi connectivity index (χ0) is 19.1. The largest absolute Gasteiger partial charge is 0.506 e. The molecular formula is C23H21O3P. The third-order valence-corrected chi connectivity index (χ3v) is 6.46. The van der Waals surface area contributed by atoms with Crippen LogP contribution in [-0.4, -0.2) is 17.7 Å². The molecule has 3 aromatic carbocycles. The van der Waals surface area contributed by atoms with Crippen LogP contribution in [-0.2, 0) is 9.53 Å². The van der Waals surface area contributed by atoms with Gasteiger partial charge in [-0.1, -0.05) is 91.0 Å². The van der Waals surface area contributed by atoms with Gasteiger partial charge in [0.05, 0.1) is 6.61 Å². The smallest absolute Gasteiger partial charge is 0.343 e. The predicted octanol–water partition coefficient (Wildman–Crippen LogP) is 4.61. The van der Waals surface area contributed by atoms with Crippen LogP contribution in [0.2, 0.25) is 0 Å². The van der Waals surface area contributed by atoms with Crippen LogP contribution in [0.1, 0.15) is 12.5 Å². The molecule has 0 aliphatic carbocycles. The number of carbonyl (C=O) groups is 1. The summed E-state index contributed by atoms with van der Waals surface area (Å²) >= 11 is 0. The molecule has 0 atom stereocenters. The number of hydrogen-bond donors (Lipinski definition) is 1. The Labute approximate surface area is 160 Å². The number of aliphatic hydroxyl groups excluding tert-OH is 1. The summed E-state index contributed by atoms with van der Waals surface area (Å²) in [6.45, 7) is 2.01. The molecule has 0 aliphatic heterocycles. The van der Waals surface area contributed by atoms with Gasteiger partial charge in [-0.3, -0.25) is 0 Å². The Morgan fingerprint density at radius 3 is 1.70 bits per heavy atom. The van der Waals surface area contributed by atoms with Gasteiger partial charge in [0, 0.05) is 5.56 Å². The quantitative estimate of drug-likeness (QED) is 0.296. The number of benzene rings is 3. The van der Waals surface area contributed by atoms with Gasteiger partial charge in [0.1, 0.15) is 11.1 Å². The van der Waals surface area contributed by atoms with Crippen LogP contribution in [0.4, 0.5) is 0 Å². The second kappa shape index (κ2) is 9.16. The summed E-state index contributed by atoms with van der Waals surface area (Å²) in [6, 6.07) is 28.7. The topological polar surface area (TPSA) is 46.5 Å². The number of aliphatic hydroxyl groups is 1. The Morgan fingerprint density at radius 1 is 0.815 bits per heavy atom. The highest BCUT2D eigenvalue weighted by molar-refractivity contribution is 7.78. The fourth-order valence-corrected chi connectivity index (χ4v) is 5.13. The average Bonchev–Trinajstić information content (AvgIpc) is 2.73. The molecule has 0 heterocycles. The molecule has 0 bridgehead atoms. The van der Waals surface area contributed by atoms with Gasteiger partial charge in [-0.25, -0.2) is 4.79 Å². The zero-order valence-corrected chi connectivity index (χ0v) is 16.0. The fraction of sp³-hybridized carbons (Fsp3) is 0.0870. The summed E-state index contributed by atoms with van der Waals surface area (Å²) in [5.74, 6) is -0.523. The molecule has 0 radical (unpaired) electrons. The first-order valence-corrected chi connectivity index (χ1v) is 10.1. The molecule has 0 amide bonds. The van der Waals surface area contributed by atoms with Crippen LogP contribution in [0.25, 0.3) is 5.76 Å². The van der Waals surface area contributed by atoms with Crippen molar-refractivity contribution in [1.82, 2.24) is 0 Å². The van der Waals surface area contributed by atoms with Crippen LogP contribution in [0.3, 0.4) is 0 Å².